The average Bonchev–Trinajstić information content (AvgIpc) is 2.01. The van der Waals surface area contributed by atoms with Crippen LogP contribution in [0.4, 0.5) is 0 Å². The smallest absolute Gasteiger partial charge is 0.148 e. The number of Topliss-reactive ketones (excluding diaryl/α,β-unsaturated/α-hetero) is 2. The van der Waals surface area contributed by atoms with Gasteiger partial charge >= 0.3 is 0 Å². The molecular weight excluding hydrogens is 196 g/mol. The maximum absolute atomic E-state index is 11.6. The summed E-state index contributed by atoms with van der Waals surface area (Å²) < 4.78 is 0. The molecular formula is C9H20N4O2. The fraction of sp³-hybridized carbons (Fsp3) is 0.778. The maximum Gasteiger partial charge on any atom is 0.148 e. The van der Waals surface area contributed by atoms with Gasteiger partial charge in [-0.15, -0.1) is 0 Å². The zero-order valence-electron chi connectivity index (χ0n) is 9.25. The summed E-state index contributed by atoms with van der Waals surface area (Å²) in [5.41, 5.74) is 20.4. The van der Waals surface area contributed by atoms with Crippen LogP contribution in [-0.2, 0) is 9.59 Å². The second-order valence-corrected chi connectivity index (χ2v) is 3.84. The van der Waals surface area contributed by atoms with E-state index in [0.717, 1.165) is 0 Å². The van der Waals surface area contributed by atoms with Crippen molar-refractivity contribution in [2.45, 2.75) is 32.5 Å². The van der Waals surface area contributed by atoms with Gasteiger partial charge < -0.3 is 22.9 Å². The standard InChI is InChI=1S/C9H20N4O2/c1-6(14)8(7(2)15,4-3-5-10)9(11,12)13/h3-5,10-13H2,1-2H3. The summed E-state index contributed by atoms with van der Waals surface area (Å²) in [7, 11) is 0. The Morgan fingerprint density at radius 1 is 1.07 bits per heavy atom. The predicted molar refractivity (Wildman–Crippen MR) is 57.4 cm³/mol. The zero-order valence-corrected chi connectivity index (χ0v) is 9.25. The Hall–Kier alpha value is -0.820. The van der Waals surface area contributed by atoms with E-state index in [2.05, 4.69) is 0 Å². The minimum atomic E-state index is -1.85. The minimum Gasteiger partial charge on any atom is -0.330 e. The number of ketones is 2. The zero-order chi connectivity index (χ0) is 12.3. The third-order valence-electron chi connectivity index (χ3n) is 2.70. The van der Waals surface area contributed by atoms with Crippen molar-refractivity contribution in [2.24, 2.45) is 28.3 Å². The molecule has 0 spiro atoms. The molecule has 0 aliphatic heterocycles. The number of carbonyl (C=O) groups is 2. The lowest BCUT2D eigenvalue weighted by molar-refractivity contribution is -0.144. The largest absolute Gasteiger partial charge is 0.330 e. The second-order valence-electron chi connectivity index (χ2n) is 3.84. The summed E-state index contributed by atoms with van der Waals surface area (Å²) in [6.45, 7) is 2.87. The van der Waals surface area contributed by atoms with Crippen molar-refractivity contribution in [2.75, 3.05) is 6.54 Å². The van der Waals surface area contributed by atoms with Crippen LogP contribution >= 0.6 is 0 Å². The number of hydrogen-bond donors (Lipinski definition) is 4. The summed E-state index contributed by atoms with van der Waals surface area (Å²) >= 11 is 0. The monoisotopic (exact) mass is 216 g/mol. The molecule has 0 bridgehead atoms. The summed E-state index contributed by atoms with van der Waals surface area (Å²) in [5.74, 6) is -2.69. The molecule has 0 fully saturated rings. The van der Waals surface area contributed by atoms with Gasteiger partial charge in [-0.3, -0.25) is 9.59 Å². The van der Waals surface area contributed by atoms with Crippen LogP contribution in [0.1, 0.15) is 26.7 Å². The van der Waals surface area contributed by atoms with Crippen molar-refractivity contribution in [3.63, 3.8) is 0 Å². The highest BCUT2D eigenvalue weighted by atomic mass is 16.2. The SMILES string of the molecule is CC(=O)C(CCCN)(C(C)=O)C(N)(N)N. The first-order valence-electron chi connectivity index (χ1n) is 4.79. The van der Waals surface area contributed by atoms with Crippen LogP contribution in [0.15, 0.2) is 0 Å². The van der Waals surface area contributed by atoms with E-state index in [1.165, 1.54) is 13.8 Å². The van der Waals surface area contributed by atoms with Crippen molar-refractivity contribution in [3.8, 4) is 0 Å². The topological polar surface area (TPSA) is 138 Å². The first-order valence-corrected chi connectivity index (χ1v) is 4.79. The van der Waals surface area contributed by atoms with Crippen LogP contribution in [0, 0.1) is 5.41 Å². The highest BCUT2D eigenvalue weighted by molar-refractivity contribution is 6.06. The van der Waals surface area contributed by atoms with Gasteiger partial charge in [0.2, 0.25) is 0 Å². The molecule has 0 heterocycles. The van der Waals surface area contributed by atoms with Gasteiger partial charge in [0.15, 0.2) is 0 Å². The normalized spacial score (nSPS) is 12.7. The summed E-state index contributed by atoms with van der Waals surface area (Å²) in [6.07, 6.45) is 0.643. The number of nitrogens with two attached hydrogens (primary N) is 4. The Kier molecular flexibility index (Phi) is 4.54. The van der Waals surface area contributed by atoms with E-state index >= 15 is 0 Å². The predicted octanol–water partition coefficient (Wildman–Crippen LogP) is -1.58. The molecule has 0 atom stereocenters. The molecule has 0 aromatic carbocycles. The Morgan fingerprint density at radius 3 is 1.67 bits per heavy atom. The van der Waals surface area contributed by atoms with E-state index in [0.29, 0.717) is 13.0 Å². The van der Waals surface area contributed by atoms with Crippen molar-refractivity contribution in [1.29, 1.82) is 0 Å². The Bertz CT molecular complexity index is 243. The van der Waals surface area contributed by atoms with Crippen LogP contribution in [0.2, 0.25) is 0 Å². The Morgan fingerprint density at radius 2 is 1.47 bits per heavy atom. The van der Waals surface area contributed by atoms with Gasteiger partial charge in [0.25, 0.3) is 0 Å². The van der Waals surface area contributed by atoms with Gasteiger partial charge in [-0.2, -0.15) is 0 Å². The van der Waals surface area contributed by atoms with E-state index in [9.17, 15) is 9.59 Å². The van der Waals surface area contributed by atoms with Crippen molar-refractivity contribution < 1.29 is 9.59 Å². The van der Waals surface area contributed by atoms with Gasteiger partial charge in [0, 0.05) is 0 Å². The summed E-state index contributed by atoms with van der Waals surface area (Å²) in [4.78, 5) is 23.1. The van der Waals surface area contributed by atoms with Crippen molar-refractivity contribution in [1.82, 2.24) is 0 Å². The van der Waals surface area contributed by atoms with E-state index in [4.69, 9.17) is 22.9 Å². The molecule has 0 amide bonds. The van der Waals surface area contributed by atoms with Crippen LogP contribution < -0.4 is 22.9 Å². The van der Waals surface area contributed by atoms with E-state index in [1.807, 2.05) is 0 Å². The molecule has 0 radical (unpaired) electrons. The van der Waals surface area contributed by atoms with Gasteiger partial charge in [-0.1, -0.05) is 0 Å². The quantitative estimate of drug-likeness (QED) is 0.312. The molecule has 0 saturated heterocycles. The lowest BCUT2D eigenvalue weighted by Crippen LogP contribution is -2.73. The molecule has 0 saturated carbocycles. The highest BCUT2D eigenvalue weighted by Gasteiger charge is 2.51. The molecule has 0 aliphatic rings. The third kappa shape index (κ3) is 2.60. The van der Waals surface area contributed by atoms with E-state index in [-0.39, 0.29) is 6.42 Å². The minimum absolute atomic E-state index is 0.178. The highest BCUT2D eigenvalue weighted by Crippen LogP contribution is 2.31. The van der Waals surface area contributed by atoms with Gasteiger partial charge in [-0.05, 0) is 33.2 Å². The number of hydrogen-bond acceptors (Lipinski definition) is 6. The molecule has 88 valence electrons. The van der Waals surface area contributed by atoms with E-state index in [1.54, 1.807) is 0 Å². The van der Waals surface area contributed by atoms with Crippen LogP contribution in [0.3, 0.4) is 0 Å². The Balaban J connectivity index is 5.29. The molecule has 0 aromatic heterocycles. The van der Waals surface area contributed by atoms with E-state index < -0.39 is 22.8 Å². The lowest BCUT2D eigenvalue weighted by Gasteiger charge is -2.39. The van der Waals surface area contributed by atoms with Crippen LogP contribution in [0.5, 0.6) is 0 Å². The molecule has 0 rings (SSSR count). The number of rotatable bonds is 6. The second kappa shape index (κ2) is 4.80. The Labute approximate surface area is 89.3 Å². The van der Waals surface area contributed by atoms with Gasteiger partial charge in [-0.25, -0.2) is 0 Å². The average molecular weight is 216 g/mol. The first kappa shape index (κ1) is 14.2. The summed E-state index contributed by atoms with van der Waals surface area (Å²) in [6, 6.07) is 0. The molecule has 0 unspecified atom stereocenters. The fourth-order valence-corrected chi connectivity index (χ4v) is 1.79. The third-order valence-corrected chi connectivity index (χ3v) is 2.70. The molecule has 6 heteroatoms. The van der Waals surface area contributed by atoms with Gasteiger partial charge in [0.1, 0.15) is 22.8 Å². The van der Waals surface area contributed by atoms with Crippen LogP contribution in [0.25, 0.3) is 0 Å². The van der Waals surface area contributed by atoms with Gasteiger partial charge in [0.05, 0.1) is 0 Å². The molecule has 8 N–H and O–H groups in total. The molecule has 15 heavy (non-hydrogen) atoms. The van der Waals surface area contributed by atoms with Crippen LogP contribution in [-0.4, -0.2) is 23.9 Å². The number of carbonyl (C=O) groups excluding carboxylic acids is 2. The molecule has 0 aliphatic carbocycles. The van der Waals surface area contributed by atoms with Crippen molar-refractivity contribution in [3.05, 3.63) is 0 Å². The maximum atomic E-state index is 11.6. The fourth-order valence-electron chi connectivity index (χ4n) is 1.79. The molecule has 0 aromatic rings. The van der Waals surface area contributed by atoms with Crippen molar-refractivity contribution >= 4 is 11.6 Å². The first-order chi connectivity index (χ1) is 6.70. The summed E-state index contributed by atoms with van der Waals surface area (Å²) in [5, 5.41) is 0. The lowest BCUT2D eigenvalue weighted by atomic mass is 9.71. The molecule has 6 nitrogen and oxygen atoms in total.